The molecule has 16 heavy (non-hydrogen) atoms. The molecule has 2 heterocycles. The molecule has 0 saturated carbocycles. The second kappa shape index (κ2) is 5.41. The van der Waals surface area contributed by atoms with Crippen LogP contribution in [0.15, 0.2) is 28.0 Å². The molecule has 5 heteroatoms. The van der Waals surface area contributed by atoms with E-state index >= 15 is 0 Å². The zero-order valence-corrected chi connectivity index (χ0v) is 10.6. The molecule has 4 nitrogen and oxygen atoms in total. The van der Waals surface area contributed by atoms with E-state index in [4.69, 9.17) is 9.57 Å². The number of hydrogen-bond acceptors (Lipinski definition) is 4. The van der Waals surface area contributed by atoms with E-state index in [2.05, 4.69) is 26.1 Å². The Labute approximate surface area is 103 Å². The predicted octanol–water partition coefficient (Wildman–Crippen LogP) is 2.37. The van der Waals surface area contributed by atoms with E-state index in [1.165, 1.54) is 0 Å². The number of oxime groups is 1. The van der Waals surface area contributed by atoms with Gasteiger partial charge < -0.3 is 9.57 Å². The van der Waals surface area contributed by atoms with Crippen LogP contribution in [0.5, 0.6) is 0 Å². The SMILES string of the molecule is CCOC[C@@H]1CC(c2ccc(Br)cn2)=NO1. The van der Waals surface area contributed by atoms with Gasteiger partial charge in [0.2, 0.25) is 0 Å². The van der Waals surface area contributed by atoms with Crippen LogP contribution in [0, 0.1) is 0 Å². The minimum atomic E-state index is 0.0281. The van der Waals surface area contributed by atoms with Crippen molar-refractivity contribution in [2.24, 2.45) is 5.16 Å². The van der Waals surface area contributed by atoms with E-state index in [9.17, 15) is 0 Å². The molecule has 0 fully saturated rings. The summed E-state index contributed by atoms with van der Waals surface area (Å²) in [5.74, 6) is 0. The Hall–Kier alpha value is -0.940. The first-order chi connectivity index (χ1) is 7.79. The average Bonchev–Trinajstić information content (AvgIpc) is 2.76. The normalized spacial score (nSPS) is 19.4. The molecule has 0 radical (unpaired) electrons. The van der Waals surface area contributed by atoms with E-state index < -0.39 is 0 Å². The van der Waals surface area contributed by atoms with Gasteiger partial charge in [-0.1, -0.05) is 5.16 Å². The highest BCUT2D eigenvalue weighted by Crippen LogP contribution is 2.17. The Balaban J connectivity index is 1.95. The number of halogens is 1. The third-order valence-corrected chi connectivity index (χ3v) is 2.73. The van der Waals surface area contributed by atoms with Crippen LogP contribution in [-0.2, 0) is 9.57 Å². The van der Waals surface area contributed by atoms with E-state index in [-0.39, 0.29) is 6.10 Å². The summed E-state index contributed by atoms with van der Waals surface area (Å²) < 4.78 is 6.25. The van der Waals surface area contributed by atoms with E-state index in [1.807, 2.05) is 19.1 Å². The number of rotatable bonds is 4. The largest absolute Gasteiger partial charge is 0.389 e. The van der Waals surface area contributed by atoms with Gasteiger partial charge in [-0.15, -0.1) is 0 Å². The molecule has 0 unspecified atom stereocenters. The Morgan fingerprint density at radius 3 is 3.12 bits per heavy atom. The van der Waals surface area contributed by atoms with Crippen molar-refractivity contribution in [2.75, 3.05) is 13.2 Å². The number of hydrogen-bond donors (Lipinski definition) is 0. The second-order valence-electron chi connectivity index (χ2n) is 3.49. The molecule has 2 rings (SSSR count). The molecule has 0 bridgehead atoms. The first kappa shape index (κ1) is 11.5. The molecule has 1 aromatic heterocycles. The quantitative estimate of drug-likeness (QED) is 0.853. The van der Waals surface area contributed by atoms with Gasteiger partial charge in [0, 0.05) is 23.7 Å². The molecule has 0 N–H and O–H groups in total. The first-order valence-corrected chi connectivity index (χ1v) is 6.01. The van der Waals surface area contributed by atoms with E-state index in [1.54, 1.807) is 6.20 Å². The maximum absolute atomic E-state index is 5.29. The van der Waals surface area contributed by atoms with Gasteiger partial charge in [-0.25, -0.2) is 0 Å². The van der Waals surface area contributed by atoms with Crippen molar-refractivity contribution in [2.45, 2.75) is 19.4 Å². The van der Waals surface area contributed by atoms with Crippen LogP contribution in [0.1, 0.15) is 19.0 Å². The van der Waals surface area contributed by atoms with Crippen molar-refractivity contribution in [1.82, 2.24) is 4.98 Å². The molecule has 0 aliphatic carbocycles. The van der Waals surface area contributed by atoms with Crippen LogP contribution in [0.25, 0.3) is 0 Å². The van der Waals surface area contributed by atoms with Crippen LogP contribution >= 0.6 is 15.9 Å². The summed E-state index contributed by atoms with van der Waals surface area (Å²) in [6.07, 6.45) is 2.54. The smallest absolute Gasteiger partial charge is 0.156 e. The third-order valence-electron chi connectivity index (χ3n) is 2.26. The van der Waals surface area contributed by atoms with Crippen LogP contribution in [-0.4, -0.2) is 30.0 Å². The van der Waals surface area contributed by atoms with E-state index in [0.29, 0.717) is 13.2 Å². The Morgan fingerprint density at radius 1 is 1.56 bits per heavy atom. The van der Waals surface area contributed by atoms with Crippen LogP contribution in [0.2, 0.25) is 0 Å². The summed E-state index contributed by atoms with van der Waals surface area (Å²) in [7, 11) is 0. The highest BCUT2D eigenvalue weighted by Gasteiger charge is 2.22. The number of aromatic nitrogens is 1. The molecule has 1 atom stereocenters. The molecule has 0 aromatic carbocycles. The van der Waals surface area contributed by atoms with Crippen molar-refractivity contribution in [1.29, 1.82) is 0 Å². The molecule has 0 amide bonds. The fourth-order valence-electron chi connectivity index (χ4n) is 1.46. The van der Waals surface area contributed by atoms with Crippen molar-refractivity contribution in [3.8, 4) is 0 Å². The highest BCUT2D eigenvalue weighted by molar-refractivity contribution is 9.10. The maximum atomic E-state index is 5.29. The Morgan fingerprint density at radius 2 is 2.44 bits per heavy atom. The topological polar surface area (TPSA) is 43.7 Å². The molecule has 0 saturated heterocycles. The summed E-state index contributed by atoms with van der Waals surface area (Å²) >= 11 is 3.35. The zero-order valence-electron chi connectivity index (χ0n) is 9.02. The highest BCUT2D eigenvalue weighted by atomic mass is 79.9. The minimum absolute atomic E-state index is 0.0281. The standard InChI is InChI=1S/C11H13BrN2O2/c1-2-15-7-9-5-11(14-16-9)10-4-3-8(12)6-13-10/h3-4,6,9H,2,5,7H2,1H3/t9-/m0/s1. The molecular weight excluding hydrogens is 272 g/mol. The number of nitrogens with zero attached hydrogens (tertiary/aromatic N) is 2. The van der Waals surface area contributed by atoms with Crippen LogP contribution in [0.4, 0.5) is 0 Å². The molecule has 86 valence electrons. The Kier molecular flexibility index (Phi) is 3.90. The molecule has 0 spiro atoms. The van der Waals surface area contributed by atoms with Crippen LogP contribution in [0.3, 0.4) is 0 Å². The molecule has 1 aromatic rings. The molecular formula is C11H13BrN2O2. The first-order valence-electron chi connectivity index (χ1n) is 5.22. The minimum Gasteiger partial charge on any atom is -0.389 e. The number of ether oxygens (including phenoxy) is 1. The number of pyridine rings is 1. The van der Waals surface area contributed by atoms with Gasteiger partial charge in [0.15, 0.2) is 6.10 Å². The zero-order chi connectivity index (χ0) is 11.4. The van der Waals surface area contributed by atoms with Crippen molar-refractivity contribution < 1.29 is 9.57 Å². The molecule has 1 aliphatic heterocycles. The summed E-state index contributed by atoms with van der Waals surface area (Å²) in [5, 5.41) is 4.03. The monoisotopic (exact) mass is 284 g/mol. The van der Waals surface area contributed by atoms with Gasteiger partial charge in [-0.05, 0) is 35.0 Å². The summed E-state index contributed by atoms with van der Waals surface area (Å²) in [4.78, 5) is 9.54. The van der Waals surface area contributed by atoms with Gasteiger partial charge in [-0.3, -0.25) is 4.98 Å². The maximum Gasteiger partial charge on any atom is 0.156 e. The van der Waals surface area contributed by atoms with Gasteiger partial charge in [0.05, 0.1) is 12.3 Å². The van der Waals surface area contributed by atoms with Gasteiger partial charge in [0.25, 0.3) is 0 Å². The van der Waals surface area contributed by atoms with E-state index in [0.717, 1.165) is 22.3 Å². The summed E-state index contributed by atoms with van der Waals surface area (Å²) in [5.41, 5.74) is 1.75. The second-order valence-corrected chi connectivity index (χ2v) is 4.41. The fraction of sp³-hybridized carbons (Fsp3) is 0.455. The lowest BCUT2D eigenvalue weighted by atomic mass is 10.1. The van der Waals surface area contributed by atoms with Crippen LogP contribution < -0.4 is 0 Å². The third kappa shape index (κ3) is 2.80. The molecule has 1 aliphatic rings. The predicted molar refractivity (Wildman–Crippen MR) is 64.5 cm³/mol. The lowest BCUT2D eigenvalue weighted by Crippen LogP contribution is -2.16. The van der Waals surface area contributed by atoms with Crippen molar-refractivity contribution in [3.05, 3.63) is 28.5 Å². The Bertz CT molecular complexity index is 378. The van der Waals surface area contributed by atoms with Crippen molar-refractivity contribution in [3.63, 3.8) is 0 Å². The lowest BCUT2D eigenvalue weighted by Gasteiger charge is -2.06. The fourth-order valence-corrected chi connectivity index (χ4v) is 1.70. The van der Waals surface area contributed by atoms with Gasteiger partial charge in [0.1, 0.15) is 5.71 Å². The summed E-state index contributed by atoms with van der Waals surface area (Å²) in [6, 6.07) is 3.87. The lowest BCUT2D eigenvalue weighted by molar-refractivity contribution is 0.00672. The average molecular weight is 285 g/mol. The van der Waals surface area contributed by atoms with Crippen molar-refractivity contribution >= 4 is 21.6 Å². The van der Waals surface area contributed by atoms with Gasteiger partial charge >= 0.3 is 0 Å². The van der Waals surface area contributed by atoms with Gasteiger partial charge in [-0.2, -0.15) is 0 Å². The summed E-state index contributed by atoms with van der Waals surface area (Å²) in [6.45, 7) is 3.25.